The number of allylic oxidation sites excluding steroid dienone is 1. The van der Waals surface area contributed by atoms with E-state index >= 15 is 0 Å². The van der Waals surface area contributed by atoms with Crippen LogP contribution < -0.4 is 14.9 Å². The highest BCUT2D eigenvalue weighted by atomic mass is 32.1. The number of fused-ring (bicyclic) bond motifs is 1. The Morgan fingerprint density at radius 3 is 2.61 bits per heavy atom. The van der Waals surface area contributed by atoms with Crippen LogP contribution in [0.5, 0.6) is 0 Å². The number of carbonyl (C=O) groups is 1. The molecule has 0 bridgehead atoms. The first-order valence-electron chi connectivity index (χ1n) is 10.2. The molecule has 1 aliphatic heterocycles. The fourth-order valence-electron chi connectivity index (χ4n) is 3.64. The van der Waals surface area contributed by atoms with Crippen molar-refractivity contribution >= 4 is 34.7 Å². The summed E-state index contributed by atoms with van der Waals surface area (Å²) in [6, 6.07) is 11.6. The number of thiophene rings is 1. The van der Waals surface area contributed by atoms with Gasteiger partial charge in [-0.1, -0.05) is 55.5 Å². The number of esters is 1. The van der Waals surface area contributed by atoms with Crippen molar-refractivity contribution in [3.8, 4) is 0 Å². The lowest BCUT2D eigenvalue weighted by atomic mass is 10.0. The molecule has 1 aliphatic rings. The SMILES string of the molecule is CCOC(=O)C1=C(C)N=c2s/c(=C/c3ccc(C(C)C)cc3)c(=O)n2[C@@H]1c1cccs1. The zero-order chi connectivity index (χ0) is 22.1. The van der Waals surface area contributed by atoms with Gasteiger partial charge in [0.1, 0.15) is 6.04 Å². The van der Waals surface area contributed by atoms with E-state index in [9.17, 15) is 9.59 Å². The van der Waals surface area contributed by atoms with Gasteiger partial charge in [0, 0.05) is 4.88 Å². The highest BCUT2D eigenvalue weighted by Gasteiger charge is 2.33. The molecule has 1 atom stereocenters. The van der Waals surface area contributed by atoms with Crippen LogP contribution in [0.2, 0.25) is 0 Å². The van der Waals surface area contributed by atoms with Crippen LogP contribution in [0.1, 0.15) is 55.7 Å². The van der Waals surface area contributed by atoms with E-state index in [4.69, 9.17) is 4.74 Å². The number of hydrogen-bond acceptors (Lipinski definition) is 6. The first kappa shape index (κ1) is 21.5. The van der Waals surface area contributed by atoms with E-state index in [0.717, 1.165) is 10.4 Å². The van der Waals surface area contributed by atoms with Crippen LogP contribution in [0.25, 0.3) is 6.08 Å². The quantitative estimate of drug-likeness (QED) is 0.550. The van der Waals surface area contributed by atoms with E-state index in [1.54, 1.807) is 18.4 Å². The number of carbonyl (C=O) groups excluding carboxylic acids is 1. The van der Waals surface area contributed by atoms with Crippen molar-refractivity contribution in [2.75, 3.05) is 6.61 Å². The van der Waals surface area contributed by atoms with Crippen LogP contribution in [0.3, 0.4) is 0 Å². The van der Waals surface area contributed by atoms with Crippen molar-refractivity contribution in [1.29, 1.82) is 0 Å². The molecule has 160 valence electrons. The maximum absolute atomic E-state index is 13.4. The van der Waals surface area contributed by atoms with Gasteiger partial charge in [0.2, 0.25) is 0 Å². The summed E-state index contributed by atoms with van der Waals surface area (Å²) in [7, 11) is 0. The molecule has 0 saturated heterocycles. The van der Waals surface area contributed by atoms with Gasteiger partial charge >= 0.3 is 5.97 Å². The summed E-state index contributed by atoms with van der Waals surface area (Å²) in [6.45, 7) is 8.15. The first-order valence-corrected chi connectivity index (χ1v) is 11.9. The fraction of sp³-hybridized carbons (Fsp3) is 0.292. The fourth-order valence-corrected chi connectivity index (χ4v) is 5.51. The van der Waals surface area contributed by atoms with E-state index < -0.39 is 12.0 Å². The van der Waals surface area contributed by atoms with Gasteiger partial charge in [-0.25, -0.2) is 9.79 Å². The lowest BCUT2D eigenvalue weighted by molar-refractivity contribution is -0.139. The highest BCUT2D eigenvalue weighted by molar-refractivity contribution is 7.10. The highest BCUT2D eigenvalue weighted by Crippen LogP contribution is 2.33. The van der Waals surface area contributed by atoms with Gasteiger partial charge in [-0.2, -0.15) is 0 Å². The lowest BCUT2D eigenvalue weighted by Gasteiger charge is -2.23. The van der Waals surface area contributed by atoms with E-state index in [1.165, 1.54) is 28.2 Å². The Kier molecular flexibility index (Phi) is 6.07. The van der Waals surface area contributed by atoms with Crippen molar-refractivity contribution in [2.45, 2.75) is 39.7 Å². The third-order valence-corrected chi connectivity index (χ3v) is 7.14. The van der Waals surface area contributed by atoms with Crippen LogP contribution in [0.15, 0.2) is 62.8 Å². The van der Waals surface area contributed by atoms with E-state index in [-0.39, 0.29) is 12.2 Å². The first-order chi connectivity index (χ1) is 14.9. The third kappa shape index (κ3) is 4.07. The molecule has 1 aromatic carbocycles. The van der Waals surface area contributed by atoms with E-state index in [1.807, 2.05) is 35.7 Å². The third-order valence-electron chi connectivity index (χ3n) is 5.23. The van der Waals surface area contributed by atoms with Gasteiger partial charge in [-0.15, -0.1) is 11.3 Å². The maximum Gasteiger partial charge on any atom is 0.338 e. The Morgan fingerprint density at radius 2 is 2.00 bits per heavy atom. The predicted molar refractivity (Wildman–Crippen MR) is 125 cm³/mol. The monoisotopic (exact) mass is 452 g/mol. The zero-order valence-electron chi connectivity index (χ0n) is 17.9. The summed E-state index contributed by atoms with van der Waals surface area (Å²) >= 11 is 2.86. The number of benzene rings is 1. The molecule has 2 aromatic heterocycles. The Balaban J connectivity index is 1.87. The molecule has 5 nitrogen and oxygen atoms in total. The second-order valence-corrected chi connectivity index (χ2v) is 9.63. The molecule has 3 heterocycles. The van der Waals surface area contributed by atoms with E-state index in [2.05, 4.69) is 31.0 Å². The van der Waals surface area contributed by atoms with Gasteiger partial charge in [0.25, 0.3) is 5.56 Å². The smallest absolute Gasteiger partial charge is 0.338 e. The molecule has 0 aliphatic carbocycles. The number of ether oxygens (including phenoxy) is 1. The Bertz CT molecular complexity index is 1310. The molecular weight excluding hydrogens is 428 g/mol. The molecule has 0 saturated carbocycles. The average molecular weight is 453 g/mol. The standard InChI is InChI=1S/C24H24N2O3S2/c1-5-29-23(28)20-15(4)25-24-26(21(20)18-7-6-12-30-18)22(27)19(31-24)13-16-8-10-17(11-9-16)14(2)3/h6-14,21H,5H2,1-4H3/b19-13+/t21-/m1/s1. The largest absolute Gasteiger partial charge is 0.463 e. The Labute approximate surface area is 188 Å². The Hall–Kier alpha value is -2.77. The molecule has 0 amide bonds. The van der Waals surface area contributed by atoms with Gasteiger partial charge < -0.3 is 4.74 Å². The topological polar surface area (TPSA) is 60.7 Å². The number of nitrogens with zero attached hydrogens (tertiary/aromatic N) is 2. The van der Waals surface area contributed by atoms with Crippen molar-refractivity contribution in [3.63, 3.8) is 0 Å². The van der Waals surface area contributed by atoms with Gasteiger partial charge in [-0.3, -0.25) is 9.36 Å². The van der Waals surface area contributed by atoms with Crippen molar-refractivity contribution in [1.82, 2.24) is 4.57 Å². The van der Waals surface area contributed by atoms with Crippen LogP contribution in [0, 0.1) is 0 Å². The number of hydrogen-bond donors (Lipinski definition) is 0. The summed E-state index contributed by atoms with van der Waals surface area (Å²) < 4.78 is 7.52. The maximum atomic E-state index is 13.4. The van der Waals surface area contributed by atoms with Gasteiger partial charge in [0.15, 0.2) is 4.80 Å². The molecule has 0 spiro atoms. The molecule has 3 aromatic rings. The second-order valence-electron chi connectivity index (χ2n) is 7.64. The average Bonchev–Trinajstić information content (AvgIpc) is 3.36. The van der Waals surface area contributed by atoms with Crippen LogP contribution in [-0.4, -0.2) is 17.1 Å². The zero-order valence-corrected chi connectivity index (χ0v) is 19.5. The summed E-state index contributed by atoms with van der Waals surface area (Å²) in [4.78, 5) is 32.3. The number of rotatable bonds is 5. The van der Waals surface area contributed by atoms with Crippen molar-refractivity contribution in [3.05, 3.63) is 88.7 Å². The summed E-state index contributed by atoms with van der Waals surface area (Å²) in [5.74, 6) is 0.0233. The summed E-state index contributed by atoms with van der Waals surface area (Å²) in [5.41, 5.74) is 3.08. The normalized spacial score (nSPS) is 16.4. The van der Waals surface area contributed by atoms with Crippen LogP contribution >= 0.6 is 22.7 Å². The molecule has 0 fully saturated rings. The molecule has 0 radical (unpaired) electrons. The molecule has 0 N–H and O–H groups in total. The van der Waals surface area contributed by atoms with Crippen molar-refractivity contribution in [2.24, 2.45) is 4.99 Å². The lowest BCUT2D eigenvalue weighted by Crippen LogP contribution is -2.39. The number of aromatic nitrogens is 1. The number of thiazole rings is 1. The van der Waals surface area contributed by atoms with Crippen molar-refractivity contribution < 1.29 is 9.53 Å². The minimum atomic E-state index is -0.527. The molecule has 7 heteroatoms. The van der Waals surface area contributed by atoms with E-state index in [0.29, 0.717) is 26.5 Å². The summed E-state index contributed by atoms with van der Waals surface area (Å²) in [6.07, 6.45) is 1.89. The minimum absolute atomic E-state index is 0.149. The molecule has 4 rings (SSSR count). The Morgan fingerprint density at radius 1 is 1.26 bits per heavy atom. The van der Waals surface area contributed by atoms with Crippen LogP contribution in [-0.2, 0) is 9.53 Å². The summed E-state index contributed by atoms with van der Waals surface area (Å²) in [5, 5.41) is 1.94. The molecular formula is C24H24N2O3S2. The van der Waals surface area contributed by atoms with Gasteiger partial charge in [-0.05, 0) is 48.4 Å². The second kappa shape index (κ2) is 8.77. The van der Waals surface area contributed by atoms with Gasteiger partial charge in [0.05, 0.1) is 22.4 Å². The predicted octanol–water partition coefficient (Wildman–Crippen LogP) is 3.98. The molecule has 31 heavy (non-hydrogen) atoms. The van der Waals surface area contributed by atoms with Crippen LogP contribution in [0.4, 0.5) is 0 Å². The minimum Gasteiger partial charge on any atom is -0.463 e. The molecule has 0 unspecified atom stereocenters.